The molecule has 0 unspecified atom stereocenters. The number of halogens is 27. The predicted molar refractivity (Wildman–Crippen MR) is 120 cm³/mol. The molecule has 0 radical (unpaired) electrons. The highest BCUT2D eigenvalue weighted by molar-refractivity contribution is 5.73. The Morgan fingerprint density at radius 3 is 0.807 bits per heavy atom. The Morgan fingerprint density at radius 2 is 0.614 bits per heavy atom. The molecule has 0 aliphatic rings. The molecule has 0 aliphatic carbocycles. The molecule has 0 spiro atoms. The lowest BCUT2D eigenvalue weighted by Crippen LogP contribution is -2.71. The van der Waals surface area contributed by atoms with E-state index in [2.05, 4.69) is 23.7 Å². The van der Waals surface area contributed by atoms with Crippen LogP contribution in [-0.4, -0.2) is 136 Å². The smallest absolute Gasteiger partial charge is 0.435 e. The van der Waals surface area contributed by atoms with E-state index in [-0.39, 0.29) is 0 Å². The number of carboxylic acids is 1. The lowest BCUT2D eigenvalue weighted by atomic mass is 9.89. The van der Waals surface area contributed by atoms with E-state index >= 15 is 0 Å². The van der Waals surface area contributed by atoms with Gasteiger partial charge in [-0.3, -0.25) is 4.79 Å². The molecule has 57 heavy (non-hydrogen) atoms. The van der Waals surface area contributed by atoms with E-state index in [0.29, 0.717) is 0 Å². The maximum absolute atomic E-state index is 13.5. The second-order valence-corrected chi connectivity index (χ2v) is 11.0. The van der Waals surface area contributed by atoms with Crippen LogP contribution in [0, 0.1) is 5.41 Å². The molecule has 0 rings (SSSR count). The number of carbonyl (C=O) groups is 1. The van der Waals surface area contributed by atoms with Gasteiger partial charge in [0.15, 0.2) is 0 Å². The highest BCUT2D eigenvalue weighted by atomic mass is 19.5. The highest BCUT2D eigenvalue weighted by Crippen LogP contribution is 2.59. The molecular weight excluding hydrogens is 903 g/mol. The van der Waals surface area contributed by atoms with Gasteiger partial charge < -0.3 is 34.5 Å². The quantitative estimate of drug-likeness (QED) is 0.113. The van der Waals surface area contributed by atoms with Crippen molar-refractivity contribution in [1.29, 1.82) is 0 Å². The van der Waals surface area contributed by atoms with Crippen LogP contribution in [0.4, 0.5) is 119 Å². The average Bonchev–Trinajstić information content (AvgIpc) is 2.88. The van der Waals surface area contributed by atoms with Crippen LogP contribution in [0.15, 0.2) is 0 Å². The van der Waals surface area contributed by atoms with Gasteiger partial charge in [-0.2, -0.15) is 119 Å². The van der Waals surface area contributed by atoms with E-state index in [0.717, 1.165) is 0 Å². The van der Waals surface area contributed by atoms with Crippen LogP contribution in [0.3, 0.4) is 0 Å². The van der Waals surface area contributed by atoms with Gasteiger partial charge >= 0.3 is 78.4 Å². The molecule has 8 nitrogen and oxygen atoms in total. The number of carboxylic acid groups (broad SMARTS) is 1. The molecule has 0 aromatic heterocycles. The molecule has 0 saturated heterocycles. The van der Waals surface area contributed by atoms with E-state index in [1.54, 1.807) is 0 Å². The zero-order chi connectivity index (χ0) is 46.1. The molecule has 0 aliphatic heterocycles. The van der Waals surface area contributed by atoms with Gasteiger partial charge in [-0.1, -0.05) is 0 Å². The molecule has 0 saturated carbocycles. The summed E-state index contributed by atoms with van der Waals surface area (Å²) < 4.78 is 382. The van der Waals surface area contributed by atoms with Gasteiger partial charge in [-0.15, -0.1) is 0 Å². The number of ether oxygens (including phenoxy) is 5. The van der Waals surface area contributed by atoms with Crippen molar-refractivity contribution in [3.63, 3.8) is 0 Å². The van der Waals surface area contributed by atoms with Crippen molar-refractivity contribution >= 4 is 5.97 Å². The van der Waals surface area contributed by atoms with Gasteiger partial charge in [0.2, 0.25) is 0 Å². The molecule has 0 bridgehead atoms. The Balaban J connectivity index is 8.24. The van der Waals surface area contributed by atoms with Gasteiger partial charge in [0.1, 0.15) is 6.04 Å². The molecule has 342 valence electrons. The lowest BCUT2D eigenvalue weighted by Gasteiger charge is -2.45. The van der Waals surface area contributed by atoms with E-state index in [9.17, 15) is 123 Å². The van der Waals surface area contributed by atoms with Gasteiger partial charge in [0.25, 0.3) is 0 Å². The fourth-order valence-corrected chi connectivity index (χ4v) is 3.91. The average molecular weight is 921 g/mol. The first-order valence-corrected chi connectivity index (χ1v) is 13.4. The van der Waals surface area contributed by atoms with Crippen molar-refractivity contribution in [2.45, 2.75) is 78.4 Å². The fraction of sp³-hybridized carbons (Fsp3) is 0.955. The molecule has 0 fully saturated rings. The van der Waals surface area contributed by atoms with Crippen LogP contribution in [-0.2, 0) is 28.5 Å². The summed E-state index contributed by atoms with van der Waals surface area (Å²) in [6, 6.07) is -2.06. The Kier molecular flexibility index (Phi) is 16.0. The SMILES string of the molecule is N[C@@H](COCCOCC(COC(C(F)(F)F)(C(F)(F)F)C(F)(F)F)(COC(C(F)(F)F)(C(F)(F)F)C(F)(F)F)COC(C(F)(F)F)(C(F)(F)F)C(F)(F)F)C(=O)O. The van der Waals surface area contributed by atoms with Crippen molar-refractivity contribution in [2.24, 2.45) is 11.1 Å². The van der Waals surface area contributed by atoms with Crippen LogP contribution < -0.4 is 5.73 Å². The Bertz CT molecular complexity index is 1060. The van der Waals surface area contributed by atoms with Crippen LogP contribution >= 0.6 is 0 Å². The van der Waals surface area contributed by atoms with Gasteiger partial charge in [0.05, 0.1) is 51.7 Å². The molecule has 35 heteroatoms. The number of alkyl halides is 27. The third kappa shape index (κ3) is 10.9. The second-order valence-electron chi connectivity index (χ2n) is 11.0. The maximum atomic E-state index is 13.5. The van der Waals surface area contributed by atoms with Crippen molar-refractivity contribution in [3.8, 4) is 0 Å². The van der Waals surface area contributed by atoms with Crippen molar-refractivity contribution in [2.75, 3.05) is 46.2 Å². The minimum absolute atomic E-state index is 1.22. The maximum Gasteiger partial charge on any atom is 0.435 e. The first-order chi connectivity index (χ1) is 24.7. The molecule has 3 N–H and O–H groups in total. The molecular formula is C22H18F27NO7. The Labute approximate surface area is 295 Å². The Morgan fingerprint density at radius 1 is 0.404 bits per heavy atom. The zero-order valence-corrected chi connectivity index (χ0v) is 26.2. The molecule has 0 heterocycles. The topological polar surface area (TPSA) is 109 Å². The predicted octanol–water partition coefficient (Wildman–Crippen LogP) is 7.74. The summed E-state index contributed by atoms with van der Waals surface area (Å²) >= 11 is 0. The van der Waals surface area contributed by atoms with Gasteiger partial charge in [-0.05, 0) is 0 Å². The summed E-state index contributed by atoms with van der Waals surface area (Å²) in [6.07, 6.45) is -72.8. The number of hydrogen-bond acceptors (Lipinski definition) is 7. The minimum atomic E-state index is -8.09. The standard InChI is InChI=1S/C22H18F27NO7/c23-14(24,25)11(15(26,27)28,16(29,30)31)55-5-10(4-54-2-1-53-3-8(50)9(51)52,6-56-12(17(32,33)34,18(35,36)37)19(38,39)40)7-57-13(20(41,42)43,21(44,45)46)22(47,48)49/h8H,1-7,50H2,(H,51,52)/t8-/m0/s1. The van der Waals surface area contributed by atoms with Crippen LogP contribution in [0.25, 0.3) is 0 Å². The van der Waals surface area contributed by atoms with Crippen molar-refractivity contribution < 1.29 is 152 Å². The van der Waals surface area contributed by atoms with Crippen LogP contribution in [0.1, 0.15) is 0 Å². The fourth-order valence-electron chi connectivity index (χ4n) is 3.91. The van der Waals surface area contributed by atoms with Gasteiger partial charge in [0, 0.05) is 0 Å². The number of rotatable bonds is 17. The normalized spacial score (nSPS) is 16.3. The van der Waals surface area contributed by atoms with Crippen molar-refractivity contribution in [1.82, 2.24) is 0 Å². The van der Waals surface area contributed by atoms with E-state index < -0.39 is 136 Å². The third-order valence-electron chi connectivity index (χ3n) is 6.77. The monoisotopic (exact) mass is 921 g/mol. The highest BCUT2D eigenvalue weighted by Gasteiger charge is 2.88. The first-order valence-electron chi connectivity index (χ1n) is 13.4. The second kappa shape index (κ2) is 16.8. The summed E-state index contributed by atoms with van der Waals surface area (Å²) in [4.78, 5) is 10.6. The zero-order valence-electron chi connectivity index (χ0n) is 26.2. The summed E-state index contributed by atoms with van der Waals surface area (Å²) in [5.41, 5.74) is -24.2. The molecule has 0 aromatic rings. The van der Waals surface area contributed by atoms with Crippen LogP contribution in [0.5, 0.6) is 0 Å². The molecule has 0 aromatic carbocycles. The third-order valence-corrected chi connectivity index (χ3v) is 6.77. The molecule has 1 atom stereocenters. The van der Waals surface area contributed by atoms with Gasteiger partial charge in [-0.25, -0.2) is 0 Å². The van der Waals surface area contributed by atoms with E-state index in [1.807, 2.05) is 0 Å². The lowest BCUT2D eigenvalue weighted by molar-refractivity contribution is -0.474. The van der Waals surface area contributed by atoms with E-state index in [1.165, 1.54) is 0 Å². The minimum Gasteiger partial charge on any atom is -0.480 e. The van der Waals surface area contributed by atoms with Crippen LogP contribution in [0.2, 0.25) is 0 Å². The Hall–Kier alpha value is -2.66. The first kappa shape index (κ1) is 54.3. The summed E-state index contributed by atoms with van der Waals surface area (Å²) in [6.45, 7) is -19.6. The number of hydrogen-bond donors (Lipinski definition) is 2. The summed E-state index contributed by atoms with van der Waals surface area (Å²) in [5.74, 6) is -1.92. The molecule has 0 amide bonds. The van der Waals surface area contributed by atoms with E-state index in [4.69, 9.17) is 10.8 Å². The number of aliphatic carboxylic acids is 1. The largest absolute Gasteiger partial charge is 0.480 e. The summed E-state index contributed by atoms with van der Waals surface area (Å²) in [5, 5.41) is 8.58. The van der Waals surface area contributed by atoms with Crippen molar-refractivity contribution in [3.05, 3.63) is 0 Å². The number of nitrogens with two attached hydrogens (primary N) is 1. The summed E-state index contributed by atoms with van der Waals surface area (Å²) in [7, 11) is 0.